The number of pyridine rings is 1. The average molecular weight is 363 g/mol. The Kier molecular flexibility index (Phi) is 4.21. The number of nitrogens with zero attached hydrogens (tertiary/aromatic N) is 3. The van der Waals surface area contributed by atoms with Gasteiger partial charge in [0.15, 0.2) is 5.82 Å². The second-order valence-corrected chi connectivity index (χ2v) is 6.11. The molecule has 21 heavy (non-hydrogen) atoms. The molecule has 0 atom stereocenters. The van der Waals surface area contributed by atoms with E-state index in [-0.39, 0.29) is 0 Å². The van der Waals surface area contributed by atoms with Crippen LogP contribution in [-0.2, 0) is 5.75 Å². The zero-order chi connectivity index (χ0) is 14.7. The second kappa shape index (κ2) is 6.28. The number of thioether (sulfide) groups is 1. The van der Waals surface area contributed by atoms with Crippen molar-refractivity contribution in [2.45, 2.75) is 10.6 Å². The Bertz CT molecular complexity index is 762. The lowest BCUT2D eigenvalue weighted by atomic mass is 10.2. The van der Waals surface area contributed by atoms with Gasteiger partial charge in [-0.25, -0.2) is 0 Å². The monoisotopic (exact) mass is 362 g/mol. The van der Waals surface area contributed by atoms with E-state index in [4.69, 9.17) is 10.3 Å². The normalized spacial score (nSPS) is 10.7. The topological polar surface area (TPSA) is 77.8 Å². The van der Waals surface area contributed by atoms with E-state index in [2.05, 4.69) is 31.1 Å². The Morgan fingerprint density at radius 1 is 1.24 bits per heavy atom. The number of anilines is 1. The molecule has 0 aliphatic rings. The largest absolute Gasteiger partial charge is 0.397 e. The Morgan fingerprint density at radius 2 is 2.10 bits per heavy atom. The first kappa shape index (κ1) is 14.1. The van der Waals surface area contributed by atoms with E-state index in [1.54, 1.807) is 30.2 Å². The molecule has 0 amide bonds. The Morgan fingerprint density at radius 3 is 2.90 bits per heavy atom. The summed E-state index contributed by atoms with van der Waals surface area (Å²) in [5.41, 5.74) is 6.98. The molecule has 5 nitrogen and oxygen atoms in total. The number of nitrogens with two attached hydrogens (primary N) is 1. The van der Waals surface area contributed by atoms with Crippen LogP contribution < -0.4 is 5.73 Å². The van der Waals surface area contributed by atoms with Gasteiger partial charge < -0.3 is 10.3 Å². The average Bonchev–Trinajstić information content (AvgIpc) is 2.95. The first-order chi connectivity index (χ1) is 10.2. The number of rotatable bonds is 4. The van der Waals surface area contributed by atoms with Crippen molar-refractivity contribution < 1.29 is 4.52 Å². The Hall–Kier alpha value is -1.86. The van der Waals surface area contributed by atoms with E-state index in [1.165, 1.54) is 0 Å². The molecule has 2 aromatic heterocycles. The molecule has 0 radical (unpaired) electrons. The maximum absolute atomic E-state index is 5.69. The lowest BCUT2D eigenvalue weighted by molar-refractivity contribution is 0.425. The van der Waals surface area contributed by atoms with Gasteiger partial charge in [-0.2, -0.15) is 4.98 Å². The Balaban J connectivity index is 1.72. The molecule has 0 fully saturated rings. The van der Waals surface area contributed by atoms with Crippen molar-refractivity contribution in [1.29, 1.82) is 0 Å². The van der Waals surface area contributed by atoms with Crippen molar-refractivity contribution in [2.24, 2.45) is 0 Å². The van der Waals surface area contributed by atoms with Crippen molar-refractivity contribution in [2.75, 3.05) is 5.73 Å². The minimum absolute atomic E-state index is 0.428. The number of nitrogen functional groups attached to an aromatic ring is 1. The van der Waals surface area contributed by atoms with Gasteiger partial charge >= 0.3 is 0 Å². The zero-order valence-electron chi connectivity index (χ0n) is 10.9. The summed E-state index contributed by atoms with van der Waals surface area (Å²) in [6.45, 7) is 0. The fourth-order valence-electron chi connectivity index (χ4n) is 1.71. The molecule has 0 unspecified atom stereocenters. The van der Waals surface area contributed by atoms with Crippen LogP contribution in [0.15, 0.2) is 56.6 Å². The molecule has 0 spiro atoms. The highest BCUT2D eigenvalue weighted by Gasteiger charge is 2.10. The van der Waals surface area contributed by atoms with Gasteiger partial charge in [-0.3, -0.25) is 4.98 Å². The van der Waals surface area contributed by atoms with Crippen LogP contribution in [0.2, 0.25) is 0 Å². The first-order valence-electron chi connectivity index (χ1n) is 6.13. The number of hydrogen-bond donors (Lipinski definition) is 1. The molecular weight excluding hydrogens is 352 g/mol. The summed E-state index contributed by atoms with van der Waals surface area (Å²) in [4.78, 5) is 9.50. The highest BCUT2D eigenvalue weighted by atomic mass is 79.9. The molecule has 0 bridgehead atoms. The molecule has 0 aliphatic carbocycles. The maximum atomic E-state index is 5.69. The summed E-state index contributed by atoms with van der Waals surface area (Å²) in [6.07, 6.45) is 3.22. The predicted molar refractivity (Wildman–Crippen MR) is 85.6 cm³/mol. The van der Waals surface area contributed by atoms with Gasteiger partial charge in [0.1, 0.15) is 0 Å². The molecule has 1 aromatic carbocycles. The third kappa shape index (κ3) is 3.43. The van der Waals surface area contributed by atoms with E-state index < -0.39 is 0 Å². The van der Waals surface area contributed by atoms with Gasteiger partial charge in [0.2, 0.25) is 0 Å². The minimum Gasteiger partial charge on any atom is -0.397 e. The SMILES string of the molecule is Nc1cncc(-c2nc(CSc3ccccc3Br)no2)c1. The molecule has 0 aliphatic heterocycles. The summed E-state index contributed by atoms with van der Waals surface area (Å²) in [7, 11) is 0. The first-order valence-corrected chi connectivity index (χ1v) is 7.91. The van der Waals surface area contributed by atoms with Crippen LogP contribution in [0, 0.1) is 0 Å². The third-order valence-corrected chi connectivity index (χ3v) is 4.69. The molecular formula is C14H11BrN4OS. The van der Waals surface area contributed by atoms with Crippen LogP contribution >= 0.6 is 27.7 Å². The molecule has 106 valence electrons. The van der Waals surface area contributed by atoms with Crippen molar-refractivity contribution >= 4 is 33.4 Å². The quantitative estimate of drug-likeness (QED) is 0.711. The van der Waals surface area contributed by atoms with Crippen LogP contribution in [0.3, 0.4) is 0 Å². The van der Waals surface area contributed by atoms with Crippen LogP contribution in [0.5, 0.6) is 0 Å². The predicted octanol–water partition coefficient (Wildman–Crippen LogP) is 3.77. The molecule has 2 heterocycles. The third-order valence-electron chi connectivity index (χ3n) is 2.67. The molecule has 3 rings (SSSR count). The Labute approximate surface area is 134 Å². The highest BCUT2D eigenvalue weighted by molar-refractivity contribution is 9.10. The summed E-state index contributed by atoms with van der Waals surface area (Å²) in [5.74, 6) is 1.69. The summed E-state index contributed by atoms with van der Waals surface area (Å²) in [5, 5.41) is 3.98. The van der Waals surface area contributed by atoms with Crippen molar-refractivity contribution in [1.82, 2.24) is 15.1 Å². The van der Waals surface area contributed by atoms with Crippen LogP contribution in [0.25, 0.3) is 11.5 Å². The van der Waals surface area contributed by atoms with E-state index in [1.807, 2.05) is 24.3 Å². The fraction of sp³-hybridized carbons (Fsp3) is 0.0714. The lowest BCUT2D eigenvalue weighted by Gasteiger charge is -2.00. The van der Waals surface area contributed by atoms with Gasteiger partial charge in [-0.15, -0.1) is 11.8 Å². The smallest absolute Gasteiger partial charge is 0.259 e. The van der Waals surface area contributed by atoms with E-state index >= 15 is 0 Å². The van der Waals surface area contributed by atoms with Gasteiger partial charge in [-0.05, 0) is 34.1 Å². The fourth-order valence-corrected chi connectivity index (χ4v) is 3.12. The number of halogens is 1. The van der Waals surface area contributed by atoms with Crippen LogP contribution in [0.1, 0.15) is 5.82 Å². The minimum atomic E-state index is 0.428. The second-order valence-electron chi connectivity index (χ2n) is 4.24. The number of aromatic nitrogens is 3. The van der Waals surface area contributed by atoms with Gasteiger partial charge in [-0.1, -0.05) is 17.3 Å². The van der Waals surface area contributed by atoms with Gasteiger partial charge in [0, 0.05) is 21.8 Å². The molecule has 2 N–H and O–H groups in total. The van der Waals surface area contributed by atoms with Crippen molar-refractivity contribution in [3.63, 3.8) is 0 Å². The molecule has 0 saturated heterocycles. The molecule has 0 saturated carbocycles. The van der Waals surface area contributed by atoms with Gasteiger partial charge in [0.05, 0.1) is 17.0 Å². The van der Waals surface area contributed by atoms with Crippen molar-refractivity contribution in [3.8, 4) is 11.5 Å². The summed E-state index contributed by atoms with van der Waals surface area (Å²) in [6, 6.07) is 9.77. The lowest BCUT2D eigenvalue weighted by Crippen LogP contribution is -1.88. The van der Waals surface area contributed by atoms with Crippen LogP contribution in [-0.4, -0.2) is 15.1 Å². The summed E-state index contributed by atoms with van der Waals surface area (Å²) >= 11 is 5.15. The van der Waals surface area contributed by atoms with Crippen LogP contribution in [0.4, 0.5) is 5.69 Å². The zero-order valence-corrected chi connectivity index (χ0v) is 13.3. The van der Waals surface area contributed by atoms with Crippen molar-refractivity contribution in [3.05, 3.63) is 53.0 Å². The maximum Gasteiger partial charge on any atom is 0.259 e. The molecule has 3 aromatic rings. The van der Waals surface area contributed by atoms with E-state index in [0.29, 0.717) is 23.2 Å². The summed E-state index contributed by atoms with van der Waals surface area (Å²) < 4.78 is 6.30. The highest BCUT2D eigenvalue weighted by Crippen LogP contribution is 2.29. The number of hydrogen-bond acceptors (Lipinski definition) is 6. The van der Waals surface area contributed by atoms with Gasteiger partial charge in [0.25, 0.3) is 5.89 Å². The standard InChI is InChI=1S/C14H11BrN4OS/c15-11-3-1-2-4-12(11)21-8-13-18-14(20-19-13)9-5-10(16)7-17-6-9/h1-7H,8,16H2. The van der Waals surface area contributed by atoms with E-state index in [9.17, 15) is 0 Å². The number of benzene rings is 1. The molecule has 7 heteroatoms. The van der Waals surface area contributed by atoms with E-state index in [0.717, 1.165) is 14.9 Å².